The summed E-state index contributed by atoms with van der Waals surface area (Å²) in [6, 6.07) is 4.32. The van der Waals surface area contributed by atoms with Gasteiger partial charge in [-0.25, -0.2) is 0 Å². The van der Waals surface area contributed by atoms with Gasteiger partial charge in [0.25, 0.3) is 0 Å². The summed E-state index contributed by atoms with van der Waals surface area (Å²) in [4.78, 5) is 13.3. The highest BCUT2D eigenvalue weighted by Gasteiger charge is 2.27. The summed E-state index contributed by atoms with van der Waals surface area (Å²) in [5, 5.41) is 9.08. The predicted molar refractivity (Wildman–Crippen MR) is 86.0 cm³/mol. The van der Waals surface area contributed by atoms with Crippen molar-refractivity contribution in [2.24, 2.45) is 5.92 Å². The van der Waals surface area contributed by atoms with Crippen molar-refractivity contribution in [1.29, 1.82) is 0 Å². The fraction of sp³-hybridized carbons (Fsp3) is 0.588. The number of rotatable bonds is 4. The summed E-state index contributed by atoms with van der Waals surface area (Å²) in [5.74, 6) is -0.934. The van der Waals surface area contributed by atoms with Gasteiger partial charge in [-0.15, -0.1) is 11.6 Å². The first-order chi connectivity index (χ1) is 9.88. The molecule has 0 spiro atoms. The van der Waals surface area contributed by atoms with Crippen LogP contribution in [0, 0.1) is 26.7 Å². The van der Waals surface area contributed by atoms with E-state index in [-0.39, 0.29) is 11.3 Å². The lowest BCUT2D eigenvalue weighted by Gasteiger charge is -2.32. The van der Waals surface area contributed by atoms with E-state index in [1.165, 1.54) is 22.3 Å². The Morgan fingerprint density at radius 2 is 2.00 bits per heavy atom. The number of aliphatic carboxylic acids is 1. The van der Waals surface area contributed by atoms with Crippen LogP contribution in [0.15, 0.2) is 12.1 Å². The molecule has 0 amide bonds. The standard InChI is InChI=1S/C17H24ClNO2/c1-11-7-12(2)16(13(3)8-11)15(18)10-19-6-4-5-14(9-19)17(20)21/h7-8,14-15H,4-6,9-10H2,1-3H3,(H,20,21). The number of hydrogen-bond donors (Lipinski definition) is 1. The number of nitrogens with zero attached hydrogens (tertiary/aromatic N) is 1. The Morgan fingerprint density at radius 3 is 2.57 bits per heavy atom. The molecule has 1 aromatic rings. The number of hydrogen-bond acceptors (Lipinski definition) is 2. The van der Waals surface area contributed by atoms with Crippen molar-refractivity contribution in [3.05, 3.63) is 34.4 Å². The van der Waals surface area contributed by atoms with Gasteiger partial charge in [-0.2, -0.15) is 0 Å². The zero-order valence-electron chi connectivity index (χ0n) is 13.0. The largest absolute Gasteiger partial charge is 0.481 e. The van der Waals surface area contributed by atoms with Gasteiger partial charge in [-0.3, -0.25) is 4.79 Å². The maximum Gasteiger partial charge on any atom is 0.307 e. The lowest BCUT2D eigenvalue weighted by atomic mass is 9.95. The van der Waals surface area contributed by atoms with E-state index in [1.807, 2.05) is 0 Å². The van der Waals surface area contributed by atoms with E-state index in [1.54, 1.807) is 0 Å². The molecule has 1 aromatic carbocycles. The lowest BCUT2D eigenvalue weighted by molar-refractivity contribution is -0.143. The molecule has 0 saturated carbocycles. The van der Waals surface area contributed by atoms with Gasteiger partial charge in [0.15, 0.2) is 0 Å². The van der Waals surface area contributed by atoms with Crippen LogP contribution in [0.25, 0.3) is 0 Å². The monoisotopic (exact) mass is 309 g/mol. The third-order valence-electron chi connectivity index (χ3n) is 4.32. The number of piperidine rings is 1. The van der Waals surface area contributed by atoms with Crippen LogP contribution < -0.4 is 0 Å². The van der Waals surface area contributed by atoms with Crippen molar-refractivity contribution in [1.82, 2.24) is 4.90 Å². The fourth-order valence-electron chi connectivity index (χ4n) is 3.43. The second kappa shape index (κ2) is 6.80. The van der Waals surface area contributed by atoms with Crippen LogP contribution >= 0.6 is 11.6 Å². The summed E-state index contributed by atoms with van der Waals surface area (Å²) in [6.45, 7) is 8.56. The minimum atomic E-state index is -0.687. The van der Waals surface area contributed by atoms with Crippen molar-refractivity contribution < 1.29 is 9.90 Å². The maximum atomic E-state index is 11.1. The number of alkyl halides is 1. The number of carboxylic acids is 1. The van der Waals surface area contributed by atoms with E-state index in [4.69, 9.17) is 16.7 Å². The average molecular weight is 310 g/mol. The molecule has 21 heavy (non-hydrogen) atoms. The van der Waals surface area contributed by atoms with Crippen LogP contribution in [0.1, 0.15) is 40.5 Å². The van der Waals surface area contributed by atoms with E-state index >= 15 is 0 Å². The van der Waals surface area contributed by atoms with Crippen LogP contribution in [-0.2, 0) is 4.79 Å². The van der Waals surface area contributed by atoms with Crippen molar-refractivity contribution in [3.8, 4) is 0 Å². The molecule has 2 atom stereocenters. The van der Waals surface area contributed by atoms with Crippen LogP contribution in [0.5, 0.6) is 0 Å². The quantitative estimate of drug-likeness (QED) is 0.862. The molecule has 2 unspecified atom stereocenters. The molecule has 0 aliphatic carbocycles. The molecule has 1 saturated heterocycles. The minimum absolute atomic E-state index is 0.0851. The van der Waals surface area contributed by atoms with Gasteiger partial charge < -0.3 is 10.0 Å². The van der Waals surface area contributed by atoms with E-state index in [9.17, 15) is 4.79 Å². The molecule has 3 nitrogen and oxygen atoms in total. The molecule has 0 radical (unpaired) electrons. The van der Waals surface area contributed by atoms with Crippen LogP contribution in [0.3, 0.4) is 0 Å². The molecule has 1 heterocycles. The fourth-order valence-corrected chi connectivity index (χ4v) is 3.97. The topological polar surface area (TPSA) is 40.5 Å². The van der Waals surface area contributed by atoms with E-state index < -0.39 is 5.97 Å². The maximum absolute atomic E-state index is 11.1. The zero-order valence-corrected chi connectivity index (χ0v) is 13.8. The predicted octanol–water partition coefficient (Wildman–Crippen LogP) is 3.69. The summed E-state index contributed by atoms with van der Waals surface area (Å²) in [5.41, 5.74) is 4.89. The van der Waals surface area contributed by atoms with Crippen LogP contribution in [0.4, 0.5) is 0 Å². The molecular weight excluding hydrogens is 286 g/mol. The molecule has 0 bridgehead atoms. The van der Waals surface area contributed by atoms with Crippen LogP contribution in [-0.4, -0.2) is 35.6 Å². The molecule has 1 aliphatic rings. The Morgan fingerprint density at radius 1 is 1.38 bits per heavy atom. The van der Waals surface area contributed by atoms with Gasteiger partial charge in [0.05, 0.1) is 11.3 Å². The molecular formula is C17H24ClNO2. The minimum Gasteiger partial charge on any atom is -0.481 e. The highest BCUT2D eigenvalue weighted by molar-refractivity contribution is 6.21. The normalized spacial score (nSPS) is 21.2. The zero-order chi connectivity index (χ0) is 15.6. The first-order valence-electron chi connectivity index (χ1n) is 7.55. The van der Waals surface area contributed by atoms with Crippen molar-refractivity contribution in [2.45, 2.75) is 39.0 Å². The molecule has 1 aliphatic heterocycles. The van der Waals surface area contributed by atoms with Gasteiger partial charge in [0, 0.05) is 13.1 Å². The molecule has 116 valence electrons. The molecule has 4 heteroatoms. The summed E-state index contributed by atoms with van der Waals surface area (Å²) < 4.78 is 0. The molecule has 0 aromatic heterocycles. The second-order valence-electron chi connectivity index (χ2n) is 6.22. The number of carboxylic acid groups (broad SMARTS) is 1. The summed E-state index contributed by atoms with van der Waals surface area (Å²) >= 11 is 6.64. The van der Waals surface area contributed by atoms with Gasteiger partial charge >= 0.3 is 5.97 Å². The number of aryl methyl sites for hydroxylation is 3. The second-order valence-corrected chi connectivity index (χ2v) is 6.74. The SMILES string of the molecule is Cc1cc(C)c(C(Cl)CN2CCCC(C(=O)O)C2)c(C)c1. The van der Waals surface area contributed by atoms with Gasteiger partial charge in [0.2, 0.25) is 0 Å². The number of halogens is 1. The smallest absolute Gasteiger partial charge is 0.307 e. The molecule has 2 rings (SSSR count). The Hall–Kier alpha value is -1.06. The number of benzene rings is 1. The van der Waals surface area contributed by atoms with Gasteiger partial charge in [-0.1, -0.05) is 17.7 Å². The third kappa shape index (κ3) is 3.98. The average Bonchev–Trinajstić information content (AvgIpc) is 2.37. The Labute approximate surface area is 131 Å². The number of likely N-dealkylation sites (tertiary alicyclic amines) is 1. The number of carbonyl (C=O) groups is 1. The first-order valence-corrected chi connectivity index (χ1v) is 7.99. The van der Waals surface area contributed by atoms with Crippen molar-refractivity contribution >= 4 is 17.6 Å². The molecule has 1 fully saturated rings. The van der Waals surface area contributed by atoms with Crippen molar-refractivity contribution in [2.75, 3.05) is 19.6 Å². The van der Waals surface area contributed by atoms with E-state index in [0.29, 0.717) is 6.54 Å². The third-order valence-corrected chi connectivity index (χ3v) is 4.68. The van der Waals surface area contributed by atoms with Gasteiger partial charge in [0.1, 0.15) is 0 Å². The van der Waals surface area contributed by atoms with E-state index in [0.717, 1.165) is 25.9 Å². The Balaban J connectivity index is 2.08. The Bertz CT molecular complexity index is 507. The van der Waals surface area contributed by atoms with E-state index in [2.05, 4.69) is 37.8 Å². The van der Waals surface area contributed by atoms with Crippen LogP contribution in [0.2, 0.25) is 0 Å². The van der Waals surface area contributed by atoms with Crippen molar-refractivity contribution in [3.63, 3.8) is 0 Å². The molecule has 1 N–H and O–H groups in total. The highest BCUT2D eigenvalue weighted by atomic mass is 35.5. The Kier molecular flexibility index (Phi) is 5.28. The first kappa shape index (κ1) is 16.3. The summed E-state index contributed by atoms with van der Waals surface area (Å²) in [7, 11) is 0. The van der Waals surface area contributed by atoms with Gasteiger partial charge in [-0.05, 0) is 56.8 Å². The summed E-state index contributed by atoms with van der Waals surface area (Å²) in [6.07, 6.45) is 1.72. The lowest BCUT2D eigenvalue weighted by Crippen LogP contribution is -2.40. The highest BCUT2D eigenvalue weighted by Crippen LogP contribution is 2.30.